The number of hydrogen-bond acceptors (Lipinski definition) is 3. The Morgan fingerprint density at radius 2 is 2.15 bits per heavy atom. The number of likely N-dealkylation sites (N-methyl/N-ethyl adjacent to an activating group) is 1. The second kappa shape index (κ2) is 6.30. The Morgan fingerprint density at radius 3 is 2.73 bits per heavy atom. The SMILES string of the molecule is CCN1C(=O)C[C@H](c2cnn(C)c2)C12CCN(C(=O)c1ccc[nH]1)CC2. The number of rotatable bonds is 3. The molecule has 7 nitrogen and oxygen atoms in total. The fourth-order valence-corrected chi connectivity index (χ4v) is 4.80. The summed E-state index contributed by atoms with van der Waals surface area (Å²) in [4.78, 5) is 32.3. The van der Waals surface area contributed by atoms with Crippen LogP contribution in [0, 0.1) is 0 Å². The van der Waals surface area contributed by atoms with Crippen LogP contribution in [0.1, 0.15) is 48.2 Å². The molecule has 0 radical (unpaired) electrons. The van der Waals surface area contributed by atoms with Crippen LogP contribution in [0.3, 0.4) is 0 Å². The first-order valence-electron chi connectivity index (χ1n) is 9.27. The molecule has 26 heavy (non-hydrogen) atoms. The number of carbonyl (C=O) groups is 2. The molecule has 2 aromatic heterocycles. The van der Waals surface area contributed by atoms with Gasteiger partial charge in [0.2, 0.25) is 5.91 Å². The van der Waals surface area contributed by atoms with Crippen molar-refractivity contribution in [1.82, 2.24) is 24.6 Å². The van der Waals surface area contributed by atoms with Crippen LogP contribution < -0.4 is 0 Å². The molecule has 0 bridgehead atoms. The molecule has 2 aromatic rings. The number of likely N-dealkylation sites (tertiary alicyclic amines) is 2. The lowest BCUT2D eigenvalue weighted by Crippen LogP contribution is -2.56. The topological polar surface area (TPSA) is 74.2 Å². The summed E-state index contributed by atoms with van der Waals surface area (Å²) in [7, 11) is 1.90. The number of nitrogens with one attached hydrogen (secondary N) is 1. The van der Waals surface area contributed by atoms with Gasteiger partial charge in [-0.25, -0.2) is 0 Å². The van der Waals surface area contributed by atoms with Crippen molar-refractivity contribution in [2.24, 2.45) is 7.05 Å². The molecule has 4 heterocycles. The van der Waals surface area contributed by atoms with Crippen molar-refractivity contribution in [3.8, 4) is 0 Å². The van der Waals surface area contributed by atoms with E-state index in [-0.39, 0.29) is 23.3 Å². The molecule has 0 saturated carbocycles. The van der Waals surface area contributed by atoms with Gasteiger partial charge < -0.3 is 14.8 Å². The molecule has 0 unspecified atom stereocenters. The van der Waals surface area contributed by atoms with Crippen molar-refractivity contribution < 1.29 is 9.59 Å². The monoisotopic (exact) mass is 355 g/mol. The second-order valence-corrected chi connectivity index (χ2v) is 7.32. The van der Waals surface area contributed by atoms with Crippen LogP contribution in [0.25, 0.3) is 0 Å². The van der Waals surface area contributed by atoms with Crippen molar-refractivity contribution in [2.45, 2.75) is 37.6 Å². The van der Waals surface area contributed by atoms with E-state index in [1.807, 2.05) is 48.3 Å². The Balaban J connectivity index is 1.59. The predicted molar refractivity (Wildman–Crippen MR) is 96.6 cm³/mol. The summed E-state index contributed by atoms with van der Waals surface area (Å²) in [5.74, 6) is 0.395. The van der Waals surface area contributed by atoms with Crippen molar-refractivity contribution in [3.63, 3.8) is 0 Å². The van der Waals surface area contributed by atoms with E-state index in [9.17, 15) is 9.59 Å². The highest BCUT2D eigenvalue weighted by Crippen LogP contribution is 2.48. The molecule has 1 N–H and O–H groups in total. The van der Waals surface area contributed by atoms with Gasteiger partial charge in [-0.3, -0.25) is 14.3 Å². The number of nitrogens with zero attached hydrogens (tertiary/aromatic N) is 4. The largest absolute Gasteiger partial charge is 0.357 e. The van der Waals surface area contributed by atoms with E-state index in [4.69, 9.17) is 0 Å². The first kappa shape index (κ1) is 16.9. The van der Waals surface area contributed by atoms with Gasteiger partial charge in [-0.2, -0.15) is 5.10 Å². The Labute approximate surface area is 153 Å². The summed E-state index contributed by atoms with van der Waals surface area (Å²) in [5, 5.41) is 4.31. The predicted octanol–water partition coefficient (Wildman–Crippen LogP) is 1.76. The zero-order valence-corrected chi connectivity index (χ0v) is 15.3. The third kappa shape index (κ3) is 2.53. The Hall–Kier alpha value is -2.57. The molecular formula is C19H25N5O2. The number of aromatic nitrogens is 3. The van der Waals surface area contributed by atoms with Crippen LogP contribution in [0.5, 0.6) is 0 Å². The van der Waals surface area contributed by atoms with Gasteiger partial charge in [-0.1, -0.05) is 0 Å². The smallest absolute Gasteiger partial charge is 0.270 e. The van der Waals surface area contributed by atoms with Crippen LogP contribution in [-0.4, -0.2) is 61.6 Å². The van der Waals surface area contributed by atoms with Crippen molar-refractivity contribution in [3.05, 3.63) is 42.0 Å². The average molecular weight is 355 g/mol. The van der Waals surface area contributed by atoms with E-state index >= 15 is 0 Å². The van der Waals surface area contributed by atoms with Crippen LogP contribution in [0.2, 0.25) is 0 Å². The number of hydrogen-bond donors (Lipinski definition) is 1. The van der Waals surface area contributed by atoms with Gasteiger partial charge in [0.05, 0.1) is 11.7 Å². The van der Waals surface area contributed by atoms with Crippen LogP contribution in [0.15, 0.2) is 30.7 Å². The second-order valence-electron chi connectivity index (χ2n) is 7.32. The molecule has 2 amide bonds. The Kier molecular flexibility index (Phi) is 4.09. The lowest BCUT2D eigenvalue weighted by molar-refractivity contribution is -0.132. The molecule has 7 heteroatoms. The number of aromatic amines is 1. The minimum absolute atomic E-state index is 0.0372. The average Bonchev–Trinajstić information content (AvgIpc) is 3.36. The van der Waals surface area contributed by atoms with Gasteiger partial charge in [0.1, 0.15) is 5.69 Å². The molecule has 1 spiro atoms. The lowest BCUT2D eigenvalue weighted by atomic mass is 9.74. The van der Waals surface area contributed by atoms with Crippen LogP contribution >= 0.6 is 0 Å². The molecule has 0 aliphatic carbocycles. The summed E-state index contributed by atoms with van der Waals surface area (Å²) in [6.45, 7) is 4.08. The molecular weight excluding hydrogens is 330 g/mol. The normalized spacial score (nSPS) is 22.4. The first-order chi connectivity index (χ1) is 12.5. The van der Waals surface area contributed by atoms with Crippen LogP contribution in [0.4, 0.5) is 0 Å². The maximum absolute atomic E-state index is 12.7. The van der Waals surface area contributed by atoms with Crippen molar-refractivity contribution >= 4 is 11.8 Å². The van der Waals surface area contributed by atoms with E-state index < -0.39 is 0 Å². The van der Waals surface area contributed by atoms with E-state index in [2.05, 4.69) is 10.1 Å². The first-order valence-corrected chi connectivity index (χ1v) is 9.27. The van der Waals surface area contributed by atoms with Crippen LogP contribution in [-0.2, 0) is 11.8 Å². The minimum Gasteiger partial charge on any atom is -0.357 e. The molecule has 1 atom stereocenters. The lowest BCUT2D eigenvalue weighted by Gasteiger charge is -2.47. The van der Waals surface area contributed by atoms with Gasteiger partial charge in [0.25, 0.3) is 5.91 Å². The van der Waals surface area contributed by atoms with E-state index in [1.165, 1.54) is 0 Å². The number of H-pyrrole nitrogens is 1. The summed E-state index contributed by atoms with van der Waals surface area (Å²) in [6, 6.07) is 3.65. The maximum Gasteiger partial charge on any atom is 0.270 e. The highest BCUT2D eigenvalue weighted by atomic mass is 16.2. The fraction of sp³-hybridized carbons (Fsp3) is 0.526. The number of aryl methyl sites for hydroxylation is 1. The standard InChI is InChI=1S/C19H25N5O2/c1-3-24-17(25)11-15(14-12-21-22(2)13-14)19(24)6-9-23(10-7-19)18(26)16-5-4-8-20-16/h4-5,8,12-13,15,20H,3,6-7,9-11H2,1-2H3/t15-/m1/s1. The number of piperidine rings is 1. The van der Waals surface area contributed by atoms with Gasteiger partial charge in [-0.05, 0) is 37.5 Å². The molecule has 4 rings (SSSR count). The van der Waals surface area contributed by atoms with E-state index in [0.29, 0.717) is 31.7 Å². The minimum atomic E-state index is -0.207. The van der Waals surface area contributed by atoms with Gasteiger partial charge in [-0.15, -0.1) is 0 Å². The molecule has 0 aromatic carbocycles. The Morgan fingerprint density at radius 1 is 1.38 bits per heavy atom. The van der Waals surface area contributed by atoms with Gasteiger partial charge in [0.15, 0.2) is 0 Å². The van der Waals surface area contributed by atoms with Gasteiger partial charge >= 0.3 is 0 Å². The highest BCUT2D eigenvalue weighted by Gasteiger charge is 2.54. The third-order valence-electron chi connectivity index (χ3n) is 6.05. The summed E-state index contributed by atoms with van der Waals surface area (Å²) < 4.78 is 1.80. The quantitative estimate of drug-likeness (QED) is 0.912. The van der Waals surface area contributed by atoms with Crippen molar-refractivity contribution in [2.75, 3.05) is 19.6 Å². The molecule has 2 fully saturated rings. The fourth-order valence-electron chi connectivity index (χ4n) is 4.80. The molecule has 2 aliphatic heterocycles. The van der Waals surface area contributed by atoms with E-state index in [0.717, 1.165) is 18.4 Å². The summed E-state index contributed by atoms with van der Waals surface area (Å²) >= 11 is 0. The molecule has 2 aliphatic rings. The summed E-state index contributed by atoms with van der Waals surface area (Å²) in [6.07, 6.45) is 7.82. The summed E-state index contributed by atoms with van der Waals surface area (Å²) in [5.41, 5.74) is 1.54. The zero-order chi connectivity index (χ0) is 18.3. The third-order valence-corrected chi connectivity index (χ3v) is 6.05. The van der Waals surface area contributed by atoms with Crippen molar-refractivity contribution in [1.29, 1.82) is 0 Å². The van der Waals surface area contributed by atoms with E-state index in [1.54, 1.807) is 10.9 Å². The number of amides is 2. The maximum atomic E-state index is 12.7. The molecule has 2 saturated heterocycles. The Bertz CT molecular complexity index is 802. The van der Waals surface area contributed by atoms with Gasteiger partial charge in [0, 0.05) is 51.4 Å². The zero-order valence-electron chi connectivity index (χ0n) is 15.3. The molecule has 138 valence electrons. The number of carbonyl (C=O) groups excluding carboxylic acids is 2. The highest BCUT2D eigenvalue weighted by molar-refractivity contribution is 5.92.